The van der Waals surface area contributed by atoms with Crippen molar-refractivity contribution in [3.63, 3.8) is 0 Å². The molecule has 2 heteroatoms. The fourth-order valence-corrected chi connectivity index (χ4v) is 2.27. The summed E-state index contributed by atoms with van der Waals surface area (Å²) in [5.74, 6) is 0.505. The van der Waals surface area contributed by atoms with Gasteiger partial charge in [-0.1, -0.05) is 34.6 Å². The SMILES string of the molecule is COC(C)C(C)(C)C(C)C(C)(C)C(C)OC. The average molecular weight is 230 g/mol. The van der Waals surface area contributed by atoms with Crippen LogP contribution in [0.5, 0.6) is 0 Å². The lowest BCUT2D eigenvalue weighted by molar-refractivity contribution is -0.0897. The highest BCUT2D eigenvalue weighted by Crippen LogP contribution is 2.45. The van der Waals surface area contributed by atoms with Crippen LogP contribution in [-0.2, 0) is 9.47 Å². The van der Waals surface area contributed by atoms with Gasteiger partial charge < -0.3 is 9.47 Å². The van der Waals surface area contributed by atoms with Gasteiger partial charge >= 0.3 is 0 Å². The van der Waals surface area contributed by atoms with E-state index in [1.54, 1.807) is 14.2 Å². The van der Waals surface area contributed by atoms with E-state index < -0.39 is 0 Å². The summed E-state index contributed by atoms with van der Waals surface area (Å²) in [5, 5.41) is 0. The molecule has 0 aliphatic rings. The molecule has 0 N–H and O–H groups in total. The summed E-state index contributed by atoms with van der Waals surface area (Å²) in [7, 11) is 3.57. The van der Waals surface area contributed by atoms with E-state index >= 15 is 0 Å². The second kappa shape index (κ2) is 5.50. The van der Waals surface area contributed by atoms with E-state index in [4.69, 9.17) is 9.47 Å². The Balaban J connectivity index is 4.96. The van der Waals surface area contributed by atoms with Gasteiger partial charge in [0, 0.05) is 14.2 Å². The largest absolute Gasteiger partial charge is 0.381 e. The summed E-state index contributed by atoms with van der Waals surface area (Å²) in [5.41, 5.74) is 0.260. The highest BCUT2D eigenvalue weighted by atomic mass is 16.5. The van der Waals surface area contributed by atoms with Gasteiger partial charge in [-0.3, -0.25) is 0 Å². The van der Waals surface area contributed by atoms with Gasteiger partial charge in [0.25, 0.3) is 0 Å². The topological polar surface area (TPSA) is 18.5 Å². The predicted octanol–water partition coefficient (Wildman–Crippen LogP) is 3.74. The molecule has 0 bridgehead atoms. The van der Waals surface area contributed by atoms with E-state index in [-0.39, 0.29) is 23.0 Å². The van der Waals surface area contributed by atoms with E-state index in [1.807, 2.05) is 0 Å². The quantitative estimate of drug-likeness (QED) is 0.692. The van der Waals surface area contributed by atoms with Crippen molar-refractivity contribution >= 4 is 0 Å². The summed E-state index contributed by atoms with van der Waals surface area (Å²) in [6, 6.07) is 0. The van der Waals surface area contributed by atoms with Gasteiger partial charge in [-0.05, 0) is 30.6 Å². The third-order valence-electron chi connectivity index (χ3n) is 5.03. The Labute approximate surface area is 102 Å². The van der Waals surface area contributed by atoms with E-state index in [0.717, 1.165) is 0 Å². The molecule has 0 saturated heterocycles. The van der Waals surface area contributed by atoms with Gasteiger partial charge in [0.2, 0.25) is 0 Å². The van der Waals surface area contributed by atoms with Crippen LogP contribution in [0.2, 0.25) is 0 Å². The summed E-state index contributed by atoms with van der Waals surface area (Å²) in [4.78, 5) is 0. The van der Waals surface area contributed by atoms with Crippen LogP contribution in [0.4, 0.5) is 0 Å². The molecule has 0 saturated carbocycles. The Morgan fingerprint density at radius 1 is 0.688 bits per heavy atom. The maximum Gasteiger partial charge on any atom is 0.0596 e. The number of hydrogen-bond donors (Lipinski definition) is 0. The van der Waals surface area contributed by atoms with Crippen LogP contribution in [-0.4, -0.2) is 26.4 Å². The lowest BCUT2D eigenvalue weighted by Crippen LogP contribution is -2.46. The highest BCUT2D eigenvalue weighted by molar-refractivity contribution is 4.92. The zero-order valence-electron chi connectivity index (χ0n) is 12.5. The monoisotopic (exact) mass is 230 g/mol. The first-order chi connectivity index (χ1) is 7.12. The van der Waals surface area contributed by atoms with E-state index in [0.29, 0.717) is 5.92 Å². The molecule has 98 valence electrons. The number of rotatable bonds is 6. The standard InChI is InChI=1S/C14H30O2/c1-10(13(4,5)11(2)15-8)14(6,7)12(3)16-9/h10-12H,1-9H3. The Morgan fingerprint density at radius 2 is 0.938 bits per heavy atom. The minimum atomic E-state index is 0.130. The van der Waals surface area contributed by atoms with E-state index in [2.05, 4.69) is 48.5 Å². The van der Waals surface area contributed by atoms with Crippen molar-refractivity contribution in [1.82, 2.24) is 0 Å². The maximum absolute atomic E-state index is 5.50. The summed E-state index contributed by atoms with van der Waals surface area (Å²) >= 11 is 0. The molecule has 0 heterocycles. The molecule has 0 radical (unpaired) electrons. The van der Waals surface area contributed by atoms with Crippen LogP contribution in [0.15, 0.2) is 0 Å². The number of methoxy groups -OCH3 is 2. The molecule has 16 heavy (non-hydrogen) atoms. The molecule has 0 rings (SSSR count). The zero-order valence-corrected chi connectivity index (χ0v) is 12.5. The molecule has 0 aromatic heterocycles. The van der Waals surface area contributed by atoms with Crippen molar-refractivity contribution in [2.45, 2.75) is 60.7 Å². The molecular formula is C14H30O2. The van der Waals surface area contributed by atoms with Crippen LogP contribution in [0, 0.1) is 16.7 Å². The fourth-order valence-electron chi connectivity index (χ4n) is 2.27. The van der Waals surface area contributed by atoms with Crippen LogP contribution in [0.3, 0.4) is 0 Å². The van der Waals surface area contributed by atoms with Crippen LogP contribution >= 0.6 is 0 Å². The van der Waals surface area contributed by atoms with Crippen molar-refractivity contribution in [2.75, 3.05) is 14.2 Å². The Kier molecular flexibility index (Phi) is 5.48. The van der Waals surface area contributed by atoms with E-state index in [1.165, 1.54) is 0 Å². The Morgan fingerprint density at radius 3 is 1.12 bits per heavy atom. The van der Waals surface area contributed by atoms with Gasteiger partial charge in [0.1, 0.15) is 0 Å². The molecule has 0 fully saturated rings. The highest BCUT2D eigenvalue weighted by Gasteiger charge is 2.43. The molecule has 0 aromatic carbocycles. The molecule has 0 spiro atoms. The van der Waals surface area contributed by atoms with E-state index in [9.17, 15) is 0 Å². The second-order valence-corrected chi connectivity index (χ2v) is 6.12. The molecule has 0 amide bonds. The van der Waals surface area contributed by atoms with Crippen LogP contribution in [0.25, 0.3) is 0 Å². The molecule has 2 unspecified atom stereocenters. The Hall–Kier alpha value is -0.0800. The third kappa shape index (κ3) is 2.98. The zero-order chi connectivity index (χ0) is 13.1. The van der Waals surface area contributed by atoms with Crippen molar-refractivity contribution < 1.29 is 9.47 Å². The summed E-state index contributed by atoms with van der Waals surface area (Å²) < 4.78 is 11.0. The normalized spacial score (nSPS) is 19.3. The van der Waals surface area contributed by atoms with Crippen LogP contribution < -0.4 is 0 Å². The lowest BCUT2D eigenvalue weighted by Gasteiger charge is -2.47. The first-order valence-corrected chi connectivity index (χ1v) is 6.17. The molecule has 0 aliphatic carbocycles. The van der Waals surface area contributed by atoms with Crippen molar-refractivity contribution in [1.29, 1.82) is 0 Å². The fraction of sp³-hybridized carbons (Fsp3) is 1.00. The summed E-state index contributed by atoms with van der Waals surface area (Å²) in [6.07, 6.45) is 0.483. The Bertz CT molecular complexity index is 187. The second-order valence-electron chi connectivity index (χ2n) is 6.12. The van der Waals surface area contributed by atoms with Crippen molar-refractivity contribution in [3.8, 4) is 0 Å². The van der Waals surface area contributed by atoms with Crippen LogP contribution in [0.1, 0.15) is 48.5 Å². The number of hydrogen-bond acceptors (Lipinski definition) is 2. The minimum absolute atomic E-state index is 0.130. The first-order valence-electron chi connectivity index (χ1n) is 6.17. The van der Waals surface area contributed by atoms with Gasteiger partial charge in [0.15, 0.2) is 0 Å². The molecule has 2 nitrogen and oxygen atoms in total. The van der Waals surface area contributed by atoms with Gasteiger partial charge in [-0.25, -0.2) is 0 Å². The molecule has 0 aliphatic heterocycles. The average Bonchev–Trinajstić information content (AvgIpc) is 2.25. The maximum atomic E-state index is 5.50. The van der Waals surface area contributed by atoms with Gasteiger partial charge in [0.05, 0.1) is 12.2 Å². The minimum Gasteiger partial charge on any atom is -0.381 e. The first kappa shape index (κ1) is 15.9. The third-order valence-corrected chi connectivity index (χ3v) is 5.03. The van der Waals surface area contributed by atoms with Crippen molar-refractivity contribution in [3.05, 3.63) is 0 Å². The van der Waals surface area contributed by atoms with Crippen molar-refractivity contribution in [2.24, 2.45) is 16.7 Å². The predicted molar refractivity (Wildman–Crippen MR) is 69.7 cm³/mol. The molecule has 0 aromatic rings. The number of ether oxygens (including phenoxy) is 2. The van der Waals surface area contributed by atoms with Gasteiger partial charge in [-0.2, -0.15) is 0 Å². The lowest BCUT2D eigenvalue weighted by atomic mass is 9.62. The molecular weight excluding hydrogens is 200 g/mol. The molecule has 2 atom stereocenters. The summed E-state index contributed by atoms with van der Waals surface area (Å²) in [6.45, 7) is 15.7. The smallest absolute Gasteiger partial charge is 0.0596 e. The van der Waals surface area contributed by atoms with Gasteiger partial charge in [-0.15, -0.1) is 0 Å².